The molecule has 1 aromatic carbocycles. The van der Waals surface area contributed by atoms with Crippen LogP contribution in [-0.4, -0.2) is 35.9 Å². The maximum Gasteiger partial charge on any atom is 0.191 e. The van der Waals surface area contributed by atoms with E-state index < -0.39 is 5.60 Å². The van der Waals surface area contributed by atoms with Crippen molar-refractivity contribution in [2.45, 2.75) is 75.0 Å². The van der Waals surface area contributed by atoms with Crippen LogP contribution < -0.4 is 15.4 Å². The summed E-state index contributed by atoms with van der Waals surface area (Å²) in [4.78, 5) is 4.40. The molecule has 0 aromatic heterocycles. The molecule has 1 unspecified atom stereocenters. The van der Waals surface area contributed by atoms with Crippen molar-refractivity contribution < 1.29 is 9.84 Å². The zero-order chi connectivity index (χ0) is 18.0. The van der Waals surface area contributed by atoms with Crippen molar-refractivity contribution in [2.24, 2.45) is 4.99 Å². The number of para-hydroxylation sites is 1. The molecule has 3 aliphatic rings. The molecule has 0 amide bonds. The Morgan fingerprint density at radius 1 is 1.15 bits per heavy atom. The first kappa shape index (κ1) is 17.7. The molecular weight excluding hydrogens is 326 g/mol. The van der Waals surface area contributed by atoms with Crippen LogP contribution in [0.4, 0.5) is 0 Å². The maximum absolute atomic E-state index is 10.6. The van der Waals surface area contributed by atoms with Crippen LogP contribution in [0.1, 0.15) is 69.4 Å². The third-order valence-corrected chi connectivity index (χ3v) is 6.37. The molecule has 4 rings (SSSR count). The molecule has 2 fully saturated rings. The molecule has 5 nitrogen and oxygen atoms in total. The third kappa shape index (κ3) is 3.54. The normalized spacial score (nSPS) is 26.4. The molecule has 1 atom stereocenters. The standard InChI is InChI=1S/C21H31N3O2/c1-22-19(23-15-20(25)10-4-5-11-20)24-17-14-21(12-6-7-13-21)26-18-9-3-2-8-16(17)18/h2-3,8-9,17,25H,4-7,10-15H2,1H3,(H2,22,23,24). The molecule has 0 radical (unpaired) electrons. The molecule has 0 bridgehead atoms. The van der Waals surface area contributed by atoms with Gasteiger partial charge in [0.2, 0.25) is 0 Å². The van der Waals surface area contributed by atoms with Gasteiger partial charge in [-0.3, -0.25) is 4.99 Å². The number of aliphatic hydroxyl groups is 1. The Hall–Kier alpha value is -1.75. The summed E-state index contributed by atoms with van der Waals surface area (Å²) in [6, 6.07) is 8.53. The number of nitrogens with one attached hydrogen (secondary N) is 2. The van der Waals surface area contributed by atoms with E-state index in [1.165, 1.54) is 18.4 Å². The van der Waals surface area contributed by atoms with Gasteiger partial charge in [-0.15, -0.1) is 0 Å². The molecule has 3 N–H and O–H groups in total. The highest BCUT2D eigenvalue weighted by molar-refractivity contribution is 5.80. The van der Waals surface area contributed by atoms with Gasteiger partial charge in [0.15, 0.2) is 5.96 Å². The number of fused-ring (bicyclic) bond motifs is 1. The van der Waals surface area contributed by atoms with Gasteiger partial charge >= 0.3 is 0 Å². The van der Waals surface area contributed by atoms with Crippen LogP contribution in [0, 0.1) is 0 Å². The monoisotopic (exact) mass is 357 g/mol. The van der Waals surface area contributed by atoms with E-state index in [2.05, 4.69) is 33.8 Å². The van der Waals surface area contributed by atoms with Gasteiger partial charge in [-0.25, -0.2) is 0 Å². The lowest BCUT2D eigenvalue weighted by atomic mass is 9.86. The number of hydrogen-bond acceptors (Lipinski definition) is 3. The molecule has 0 saturated heterocycles. The largest absolute Gasteiger partial charge is 0.487 e. The van der Waals surface area contributed by atoms with Gasteiger partial charge in [-0.2, -0.15) is 0 Å². The Morgan fingerprint density at radius 3 is 2.58 bits per heavy atom. The quantitative estimate of drug-likeness (QED) is 0.574. The van der Waals surface area contributed by atoms with E-state index in [0.717, 1.165) is 56.7 Å². The minimum atomic E-state index is -0.585. The lowest BCUT2D eigenvalue weighted by molar-refractivity contribution is 0.0388. The van der Waals surface area contributed by atoms with Crippen molar-refractivity contribution >= 4 is 5.96 Å². The lowest BCUT2D eigenvalue weighted by Crippen LogP contribution is -2.49. The summed E-state index contributed by atoms with van der Waals surface area (Å²) in [6.07, 6.45) is 9.69. The van der Waals surface area contributed by atoms with E-state index in [0.29, 0.717) is 6.54 Å². The third-order valence-electron chi connectivity index (χ3n) is 6.37. The molecule has 1 spiro atoms. The van der Waals surface area contributed by atoms with Crippen LogP contribution in [0.25, 0.3) is 0 Å². The van der Waals surface area contributed by atoms with E-state index in [1.54, 1.807) is 7.05 Å². The van der Waals surface area contributed by atoms with Crippen molar-refractivity contribution in [1.82, 2.24) is 10.6 Å². The highest BCUT2D eigenvalue weighted by Crippen LogP contribution is 2.46. The fourth-order valence-corrected chi connectivity index (χ4v) is 4.89. The minimum Gasteiger partial charge on any atom is -0.487 e. The molecule has 5 heteroatoms. The number of benzene rings is 1. The van der Waals surface area contributed by atoms with E-state index in [1.807, 2.05) is 6.07 Å². The van der Waals surface area contributed by atoms with Gasteiger partial charge in [0.1, 0.15) is 11.4 Å². The van der Waals surface area contributed by atoms with Crippen LogP contribution >= 0.6 is 0 Å². The summed E-state index contributed by atoms with van der Waals surface area (Å²) in [7, 11) is 1.80. The zero-order valence-electron chi connectivity index (χ0n) is 15.8. The fraction of sp³-hybridized carbons (Fsp3) is 0.667. The molecular formula is C21H31N3O2. The van der Waals surface area contributed by atoms with Crippen LogP contribution in [0.5, 0.6) is 5.75 Å². The van der Waals surface area contributed by atoms with Crippen LogP contribution in [0.3, 0.4) is 0 Å². The van der Waals surface area contributed by atoms with E-state index in [9.17, 15) is 5.11 Å². The first-order valence-corrected chi connectivity index (χ1v) is 10.1. The van der Waals surface area contributed by atoms with Crippen LogP contribution in [0.15, 0.2) is 29.3 Å². The van der Waals surface area contributed by atoms with Crippen molar-refractivity contribution in [3.63, 3.8) is 0 Å². The maximum atomic E-state index is 10.6. The number of ether oxygens (including phenoxy) is 1. The summed E-state index contributed by atoms with van der Waals surface area (Å²) < 4.78 is 6.44. The van der Waals surface area contributed by atoms with Gasteiger partial charge in [0.05, 0.1) is 11.6 Å². The number of aliphatic imine (C=N–C) groups is 1. The number of nitrogens with zero attached hydrogens (tertiary/aromatic N) is 1. The minimum absolute atomic E-state index is 0.0332. The SMILES string of the molecule is CN=C(NCC1(O)CCCC1)NC1CC2(CCCC2)Oc2ccccc21. The zero-order valence-corrected chi connectivity index (χ0v) is 15.8. The molecule has 2 aliphatic carbocycles. The van der Waals surface area contributed by atoms with Crippen LogP contribution in [-0.2, 0) is 0 Å². The topological polar surface area (TPSA) is 65.9 Å². The Kier molecular flexibility index (Phi) is 4.82. The molecule has 142 valence electrons. The second-order valence-corrected chi connectivity index (χ2v) is 8.29. The van der Waals surface area contributed by atoms with Gasteiger partial charge < -0.3 is 20.5 Å². The highest BCUT2D eigenvalue weighted by Gasteiger charge is 2.43. The van der Waals surface area contributed by atoms with Crippen molar-refractivity contribution in [3.8, 4) is 5.75 Å². The van der Waals surface area contributed by atoms with E-state index >= 15 is 0 Å². The smallest absolute Gasteiger partial charge is 0.191 e. The number of hydrogen-bond donors (Lipinski definition) is 3. The summed E-state index contributed by atoms with van der Waals surface area (Å²) in [5.41, 5.74) is 0.583. The summed E-state index contributed by atoms with van der Waals surface area (Å²) in [5, 5.41) is 17.6. The number of rotatable bonds is 3. The predicted molar refractivity (Wildman–Crippen MR) is 104 cm³/mol. The number of guanidine groups is 1. The Morgan fingerprint density at radius 2 is 1.85 bits per heavy atom. The highest BCUT2D eigenvalue weighted by atomic mass is 16.5. The van der Waals surface area contributed by atoms with Gasteiger partial charge in [-0.05, 0) is 44.6 Å². The lowest BCUT2D eigenvalue weighted by Gasteiger charge is -2.40. The second-order valence-electron chi connectivity index (χ2n) is 8.29. The average molecular weight is 357 g/mol. The first-order valence-electron chi connectivity index (χ1n) is 10.1. The second kappa shape index (κ2) is 7.10. The summed E-state index contributed by atoms with van der Waals surface area (Å²) in [5.74, 6) is 1.77. The van der Waals surface area contributed by atoms with E-state index in [4.69, 9.17) is 4.74 Å². The molecule has 1 aromatic rings. The molecule has 26 heavy (non-hydrogen) atoms. The fourth-order valence-electron chi connectivity index (χ4n) is 4.89. The molecule has 2 saturated carbocycles. The van der Waals surface area contributed by atoms with Gasteiger partial charge in [-0.1, -0.05) is 31.0 Å². The van der Waals surface area contributed by atoms with Crippen molar-refractivity contribution in [1.29, 1.82) is 0 Å². The first-order chi connectivity index (χ1) is 12.6. The average Bonchev–Trinajstić information content (AvgIpc) is 3.28. The Balaban J connectivity index is 1.48. The van der Waals surface area contributed by atoms with Gasteiger partial charge in [0.25, 0.3) is 0 Å². The molecule has 1 heterocycles. The summed E-state index contributed by atoms with van der Waals surface area (Å²) in [6.45, 7) is 0.558. The Bertz CT molecular complexity index is 661. The predicted octanol–water partition coefficient (Wildman–Crippen LogP) is 3.29. The summed E-state index contributed by atoms with van der Waals surface area (Å²) >= 11 is 0. The Labute approximate surface area is 156 Å². The van der Waals surface area contributed by atoms with Crippen LogP contribution in [0.2, 0.25) is 0 Å². The van der Waals surface area contributed by atoms with Gasteiger partial charge in [0, 0.05) is 25.6 Å². The van der Waals surface area contributed by atoms with Crippen molar-refractivity contribution in [2.75, 3.05) is 13.6 Å². The van der Waals surface area contributed by atoms with E-state index in [-0.39, 0.29) is 11.6 Å². The van der Waals surface area contributed by atoms with Crippen molar-refractivity contribution in [3.05, 3.63) is 29.8 Å². The molecule has 1 aliphatic heterocycles.